The molecule has 0 aliphatic carbocycles. The molecule has 0 saturated carbocycles. The number of rotatable bonds is 7. The highest BCUT2D eigenvalue weighted by Gasteiger charge is 2.26. The number of morpholine rings is 1. The smallest absolute Gasteiger partial charge is 0.227 e. The number of hydrogen-bond donors (Lipinski definition) is 1. The van der Waals surface area contributed by atoms with Crippen LogP contribution < -0.4 is 10.2 Å². The highest BCUT2D eigenvalue weighted by atomic mass is 16.5. The van der Waals surface area contributed by atoms with Crippen molar-refractivity contribution in [3.8, 4) is 11.4 Å². The first-order valence-electron chi connectivity index (χ1n) is 11.4. The van der Waals surface area contributed by atoms with E-state index in [9.17, 15) is 4.79 Å². The van der Waals surface area contributed by atoms with Gasteiger partial charge in [-0.1, -0.05) is 52.0 Å². The van der Waals surface area contributed by atoms with E-state index in [0.29, 0.717) is 26.2 Å². The van der Waals surface area contributed by atoms with E-state index in [-0.39, 0.29) is 23.4 Å². The normalized spacial score (nSPS) is 18.1. The van der Waals surface area contributed by atoms with E-state index in [1.165, 1.54) is 5.56 Å². The third-order valence-corrected chi connectivity index (χ3v) is 5.95. The molecule has 1 aliphatic heterocycles. The summed E-state index contributed by atoms with van der Waals surface area (Å²) in [5.41, 5.74) is 2.38. The van der Waals surface area contributed by atoms with Crippen molar-refractivity contribution in [2.24, 2.45) is 0 Å². The molecule has 2 unspecified atom stereocenters. The summed E-state index contributed by atoms with van der Waals surface area (Å²) in [4.78, 5) is 14.7. The van der Waals surface area contributed by atoms with Crippen LogP contribution in [0.1, 0.15) is 59.9 Å². The minimum Gasteiger partial charge on any atom is -0.377 e. The summed E-state index contributed by atoms with van der Waals surface area (Å²) in [5, 5.41) is 12.1. The van der Waals surface area contributed by atoms with Crippen molar-refractivity contribution in [3.05, 3.63) is 29.8 Å². The Kier molecular flexibility index (Phi) is 7.36. The van der Waals surface area contributed by atoms with Gasteiger partial charge in [0.2, 0.25) is 11.9 Å². The van der Waals surface area contributed by atoms with E-state index >= 15 is 0 Å². The number of carbonyl (C=O) groups is 1. The lowest BCUT2D eigenvalue weighted by molar-refractivity contribution is -0.121. The van der Waals surface area contributed by atoms with Gasteiger partial charge in [-0.15, -0.1) is 10.2 Å². The van der Waals surface area contributed by atoms with Gasteiger partial charge in [-0.05, 0) is 31.2 Å². The fourth-order valence-corrected chi connectivity index (χ4v) is 3.73. The molecule has 1 aliphatic rings. The Hall–Kier alpha value is -2.41. The average molecular weight is 428 g/mol. The summed E-state index contributed by atoms with van der Waals surface area (Å²) in [6.07, 6.45) is 1.31. The second-order valence-corrected chi connectivity index (χ2v) is 9.55. The molecular weight excluding hydrogens is 390 g/mol. The number of nitrogens with zero attached hydrogens (tertiary/aromatic N) is 4. The molecule has 170 valence electrons. The van der Waals surface area contributed by atoms with Crippen LogP contribution in [0.25, 0.3) is 11.4 Å². The molecule has 0 bridgehead atoms. The first-order chi connectivity index (χ1) is 14.7. The highest BCUT2D eigenvalue weighted by molar-refractivity contribution is 5.76. The van der Waals surface area contributed by atoms with Crippen LogP contribution in [0.4, 0.5) is 5.95 Å². The molecule has 7 heteroatoms. The van der Waals surface area contributed by atoms with Crippen molar-refractivity contribution in [2.45, 2.75) is 78.4 Å². The van der Waals surface area contributed by atoms with Gasteiger partial charge in [0.15, 0.2) is 5.82 Å². The lowest BCUT2D eigenvalue weighted by Crippen LogP contribution is -2.45. The molecule has 3 rings (SSSR count). The SMILES string of the molecule is CCC(C)NC(=O)CCn1c(-c2ccc(C(C)(C)C)cc2)nnc1N1CCOCC1C. The molecule has 0 spiro atoms. The molecular formula is C24H37N5O2. The highest BCUT2D eigenvalue weighted by Crippen LogP contribution is 2.28. The minimum atomic E-state index is 0.0538. The number of carbonyl (C=O) groups excluding carboxylic acids is 1. The van der Waals surface area contributed by atoms with E-state index in [4.69, 9.17) is 4.74 Å². The summed E-state index contributed by atoms with van der Waals surface area (Å²) >= 11 is 0. The zero-order chi connectivity index (χ0) is 22.6. The number of nitrogens with one attached hydrogen (secondary N) is 1. The molecule has 1 saturated heterocycles. The lowest BCUT2D eigenvalue weighted by Gasteiger charge is -2.34. The standard InChI is InChI=1S/C24H37N5O2/c1-7-17(2)25-21(30)12-13-29-22(19-8-10-20(11-9-19)24(4,5)6)26-27-23(29)28-14-15-31-16-18(28)3/h8-11,17-18H,7,12-16H2,1-6H3,(H,25,30). The molecule has 7 nitrogen and oxygen atoms in total. The van der Waals surface area contributed by atoms with Gasteiger partial charge in [0.25, 0.3) is 0 Å². The molecule has 2 heterocycles. The Morgan fingerprint density at radius 1 is 1.26 bits per heavy atom. The second kappa shape index (κ2) is 9.81. The first kappa shape index (κ1) is 23.3. The number of benzene rings is 1. The summed E-state index contributed by atoms with van der Waals surface area (Å²) in [5.74, 6) is 1.66. The minimum absolute atomic E-state index is 0.0538. The van der Waals surface area contributed by atoms with Crippen LogP contribution in [0.5, 0.6) is 0 Å². The summed E-state index contributed by atoms with van der Waals surface area (Å²) < 4.78 is 7.69. The van der Waals surface area contributed by atoms with Gasteiger partial charge in [0.05, 0.1) is 19.3 Å². The summed E-state index contributed by atoms with van der Waals surface area (Å²) in [7, 11) is 0. The molecule has 2 atom stereocenters. The van der Waals surface area contributed by atoms with Crippen molar-refractivity contribution in [2.75, 3.05) is 24.7 Å². The van der Waals surface area contributed by atoms with Gasteiger partial charge in [-0.3, -0.25) is 9.36 Å². The van der Waals surface area contributed by atoms with E-state index < -0.39 is 0 Å². The quantitative estimate of drug-likeness (QED) is 0.728. The maximum Gasteiger partial charge on any atom is 0.227 e. The number of amides is 1. The van der Waals surface area contributed by atoms with Crippen LogP contribution >= 0.6 is 0 Å². The van der Waals surface area contributed by atoms with Gasteiger partial charge in [-0.25, -0.2) is 0 Å². The Bertz CT molecular complexity index is 869. The van der Waals surface area contributed by atoms with Gasteiger partial charge in [0, 0.05) is 31.1 Å². The van der Waals surface area contributed by atoms with Gasteiger partial charge < -0.3 is 15.0 Å². The van der Waals surface area contributed by atoms with E-state index in [2.05, 4.69) is 83.9 Å². The molecule has 0 radical (unpaired) electrons. The van der Waals surface area contributed by atoms with Gasteiger partial charge >= 0.3 is 0 Å². The second-order valence-electron chi connectivity index (χ2n) is 9.55. The average Bonchev–Trinajstić information content (AvgIpc) is 3.15. The summed E-state index contributed by atoms with van der Waals surface area (Å²) in [6.45, 7) is 15.5. The lowest BCUT2D eigenvalue weighted by atomic mass is 9.87. The molecule has 1 amide bonds. The summed E-state index contributed by atoms with van der Waals surface area (Å²) in [6, 6.07) is 8.90. The molecule has 31 heavy (non-hydrogen) atoms. The Balaban J connectivity index is 1.90. The Morgan fingerprint density at radius 2 is 1.97 bits per heavy atom. The molecule has 2 aromatic rings. The monoisotopic (exact) mass is 427 g/mol. The van der Waals surface area contributed by atoms with E-state index in [1.54, 1.807) is 0 Å². The first-order valence-corrected chi connectivity index (χ1v) is 11.4. The van der Waals surface area contributed by atoms with Crippen LogP contribution in [0.2, 0.25) is 0 Å². The zero-order valence-corrected chi connectivity index (χ0v) is 19.8. The van der Waals surface area contributed by atoms with Crippen LogP contribution in [-0.2, 0) is 21.5 Å². The van der Waals surface area contributed by atoms with Crippen LogP contribution in [0.15, 0.2) is 24.3 Å². The van der Waals surface area contributed by atoms with E-state index in [1.807, 2.05) is 6.92 Å². The molecule has 1 aromatic heterocycles. The number of ether oxygens (including phenoxy) is 1. The molecule has 1 fully saturated rings. The molecule has 1 aromatic carbocycles. The third-order valence-electron chi connectivity index (χ3n) is 5.95. The maximum absolute atomic E-state index is 12.5. The Labute approximate surface area is 186 Å². The Morgan fingerprint density at radius 3 is 2.58 bits per heavy atom. The van der Waals surface area contributed by atoms with Crippen molar-refractivity contribution in [1.29, 1.82) is 0 Å². The predicted molar refractivity (Wildman–Crippen MR) is 124 cm³/mol. The third kappa shape index (κ3) is 5.64. The number of anilines is 1. The number of hydrogen-bond acceptors (Lipinski definition) is 5. The fourth-order valence-electron chi connectivity index (χ4n) is 3.73. The topological polar surface area (TPSA) is 72.3 Å². The van der Waals surface area contributed by atoms with Gasteiger partial charge in [0.1, 0.15) is 0 Å². The van der Waals surface area contributed by atoms with E-state index in [0.717, 1.165) is 30.3 Å². The van der Waals surface area contributed by atoms with Crippen molar-refractivity contribution in [1.82, 2.24) is 20.1 Å². The van der Waals surface area contributed by atoms with Gasteiger partial charge in [-0.2, -0.15) is 0 Å². The van der Waals surface area contributed by atoms with Crippen molar-refractivity contribution < 1.29 is 9.53 Å². The van der Waals surface area contributed by atoms with Crippen molar-refractivity contribution >= 4 is 11.9 Å². The maximum atomic E-state index is 12.5. The zero-order valence-electron chi connectivity index (χ0n) is 19.8. The van der Waals surface area contributed by atoms with Crippen LogP contribution in [0, 0.1) is 0 Å². The van der Waals surface area contributed by atoms with Crippen LogP contribution in [0.3, 0.4) is 0 Å². The largest absolute Gasteiger partial charge is 0.377 e. The molecule has 1 N–H and O–H groups in total. The predicted octanol–water partition coefficient (Wildman–Crippen LogP) is 3.77. The van der Waals surface area contributed by atoms with Crippen molar-refractivity contribution in [3.63, 3.8) is 0 Å². The fraction of sp³-hybridized carbons (Fsp3) is 0.625. The van der Waals surface area contributed by atoms with Crippen LogP contribution in [-0.4, -0.2) is 52.5 Å². The number of aromatic nitrogens is 3.